The van der Waals surface area contributed by atoms with Gasteiger partial charge in [0.15, 0.2) is 0 Å². The van der Waals surface area contributed by atoms with Crippen molar-refractivity contribution in [3.8, 4) is 11.1 Å². The van der Waals surface area contributed by atoms with E-state index in [9.17, 15) is 9.90 Å². The highest BCUT2D eigenvalue weighted by atomic mass is 35.5. The highest BCUT2D eigenvalue weighted by Gasteiger charge is 2.21. The van der Waals surface area contributed by atoms with Gasteiger partial charge in [0.25, 0.3) is 0 Å². The maximum absolute atomic E-state index is 12.3. The van der Waals surface area contributed by atoms with Crippen LogP contribution in [0, 0.1) is 0 Å². The molecule has 1 fully saturated rings. The van der Waals surface area contributed by atoms with Crippen molar-refractivity contribution in [2.24, 2.45) is 0 Å². The third kappa shape index (κ3) is 5.39. The Morgan fingerprint density at radius 1 is 1.25 bits per heavy atom. The number of benzene rings is 2. The summed E-state index contributed by atoms with van der Waals surface area (Å²) in [5.74, 6) is 0. The predicted octanol–water partition coefficient (Wildman–Crippen LogP) is 5.19. The van der Waals surface area contributed by atoms with Gasteiger partial charge in [-0.05, 0) is 74.3 Å². The quantitative estimate of drug-likeness (QED) is 0.672. The molecule has 1 heterocycles. The monoisotopic (exact) mass is 422 g/mol. The summed E-state index contributed by atoms with van der Waals surface area (Å²) in [7, 11) is 2.10. The van der Waals surface area contributed by atoms with E-state index in [1.165, 1.54) is 6.42 Å². The molecule has 2 aromatic rings. The molecule has 0 aromatic heterocycles. The zero-order chi connectivity index (χ0) is 20.1. The molecule has 2 N–H and O–H groups in total. The second-order valence-corrected chi connectivity index (χ2v) is 7.90. The summed E-state index contributed by atoms with van der Waals surface area (Å²) in [6.07, 6.45) is 2.65. The molecule has 28 heavy (non-hydrogen) atoms. The maximum Gasteiger partial charge on any atom is 0.411 e. The molecule has 1 aliphatic rings. The maximum atomic E-state index is 12.3. The van der Waals surface area contributed by atoms with Crippen LogP contribution < -0.4 is 5.32 Å². The smallest absolute Gasteiger partial charge is 0.411 e. The average Bonchev–Trinajstić information content (AvgIpc) is 3.06. The number of hydrogen-bond acceptors (Lipinski definition) is 4. The fourth-order valence-corrected chi connectivity index (χ4v) is 4.05. The van der Waals surface area contributed by atoms with Crippen LogP contribution in [0.15, 0.2) is 36.4 Å². The van der Waals surface area contributed by atoms with Gasteiger partial charge in [-0.1, -0.05) is 29.3 Å². The van der Waals surface area contributed by atoms with Crippen LogP contribution >= 0.6 is 23.2 Å². The van der Waals surface area contributed by atoms with Crippen LogP contribution in [0.1, 0.15) is 24.8 Å². The Labute approximate surface area is 175 Å². The molecular weight excluding hydrogens is 399 g/mol. The van der Waals surface area contributed by atoms with Crippen LogP contribution in [-0.2, 0) is 11.3 Å². The average molecular weight is 423 g/mol. The van der Waals surface area contributed by atoms with Gasteiger partial charge in [0.1, 0.15) is 0 Å². The number of halogens is 2. The van der Waals surface area contributed by atoms with Gasteiger partial charge in [0, 0.05) is 21.7 Å². The minimum absolute atomic E-state index is 0.110. The van der Waals surface area contributed by atoms with Crippen molar-refractivity contribution in [3.63, 3.8) is 0 Å². The molecule has 0 aliphatic carbocycles. The van der Waals surface area contributed by atoms with E-state index in [1.807, 2.05) is 0 Å². The third-order valence-electron chi connectivity index (χ3n) is 5.03. The van der Waals surface area contributed by atoms with Gasteiger partial charge in [-0.15, -0.1) is 0 Å². The number of ether oxygens (including phenoxy) is 1. The van der Waals surface area contributed by atoms with Crippen LogP contribution in [0.25, 0.3) is 11.1 Å². The lowest BCUT2D eigenvalue weighted by Gasteiger charge is -2.19. The topological polar surface area (TPSA) is 61.8 Å². The molecule has 150 valence electrons. The zero-order valence-electron chi connectivity index (χ0n) is 15.8. The van der Waals surface area contributed by atoms with Crippen LogP contribution in [-0.4, -0.2) is 42.3 Å². The summed E-state index contributed by atoms with van der Waals surface area (Å²) in [5, 5.41) is 13.2. The fraction of sp³-hybridized carbons (Fsp3) is 0.381. The lowest BCUT2D eigenvalue weighted by molar-refractivity contribution is 0.147. The number of nitrogens with one attached hydrogen (secondary N) is 1. The summed E-state index contributed by atoms with van der Waals surface area (Å²) in [6, 6.07) is 10.9. The van der Waals surface area contributed by atoms with Crippen molar-refractivity contribution in [1.29, 1.82) is 0 Å². The van der Waals surface area contributed by atoms with E-state index in [-0.39, 0.29) is 6.61 Å². The van der Waals surface area contributed by atoms with Gasteiger partial charge in [-0.25, -0.2) is 4.79 Å². The molecule has 1 unspecified atom stereocenters. The normalized spacial score (nSPS) is 16.9. The van der Waals surface area contributed by atoms with Gasteiger partial charge in [-0.3, -0.25) is 5.32 Å². The molecule has 7 heteroatoms. The van der Waals surface area contributed by atoms with E-state index >= 15 is 0 Å². The summed E-state index contributed by atoms with van der Waals surface area (Å²) in [4.78, 5) is 14.6. The van der Waals surface area contributed by atoms with Gasteiger partial charge in [0.05, 0.1) is 18.9 Å². The largest absolute Gasteiger partial charge is 0.449 e. The summed E-state index contributed by atoms with van der Waals surface area (Å²) >= 11 is 12.2. The molecular formula is C21H24Cl2N2O3. The van der Waals surface area contributed by atoms with Crippen molar-refractivity contribution in [2.75, 3.05) is 25.5 Å². The molecule has 5 nitrogen and oxygen atoms in total. The molecule has 0 saturated carbocycles. The first-order chi connectivity index (χ1) is 13.5. The molecule has 1 atom stereocenters. The number of aliphatic hydroxyl groups excluding tert-OH is 1. The summed E-state index contributed by atoms with van der Waals surface area (Å²) in [5.41, 5.74) is 2.74. The Balaban J connectivity index is 1.71. The van der Waals surface area contributed by atoms with Gasteiger partial charge < -0.3 is 14.7 Å². The number of nitrogens with zero attached hydrogens (tertiary/aromatic N) is 1. The number of likely N-dealkylation sites (tertiary alicyclic amines) is 1. The van der Waals surface area contributed by atoms with Crippen LogP contribution in [0.2, 0.25) is 10.0 Å². The molecule has 3 rings (SSSR count). The van der Waals surface area contributed by atoms with Crippen molar-refractivity contribution >= 4 is 35.0 Å². The Kier molecular flexibility index (Phi) is 7.18. The molecule has 0 radical (unpaired) electrons. The minimum Gasteiger partial charge on any atom is -0.449 e. The molecule has 0 spiro atoms. The Morgan fingerprint density at radius 3 is 2.64 bits per heavy atom. The lowest BCUT2D eigenvalue weighted by Crippen LogP contribution is -2.27. The second-order valence-electron chi connectivity index (χ2n) is 7.02. The number of amides is 1. The molecule has 1 aliphatic heterocycles. The van der Waals surface area contributed by atoms with Crippen molar-refractivity contribution < 1.29 is 14.6 Å². The fourth-order valence-electron chi connectivity index (χ4n) is 3.52. The van der Waals surface area contributed by atoms with E-state index in [1.54, 1.807) is 36.4 Å². The number of carbonyl (C=O) groups is 1. The lowest BCUT2D eigenvalue weighted by atomic mass is 10.0. The highest BCUT2D eigenvalue weighted by Crippen LogP contribution is 2.33. The SMILES string of the molecule is CN1CCCC1CCOC(=O)Nc1ccc(CO)cc1-c1cc(Cl)cc(Cl)c1. The van der Waals surface area contributed by atoms with Crippen molar-refractivity contribution in [3.05, 3.63) is 52.0 Å². The van der Waals surface area contributed by atoms with Crippen LogP contribution in [0.5, 0.6) is 0 Å². The first-order valence-electron chi connectivity index (χ1n) is 9.30. The number of anilines is 1. The van der Waals surface area contributed by atoms with Crippen LogP contribution in [0.3, 0.4) is 0 Å². The van der Waals surface area contributed by atoms with Crippen LogP contribution in [0.4, 0.5) is 10.5 Å². The number of rotatable bonds is 6. The minimum atomic E-state index is -0.508. The van der Waals surface area contributed by atoms with Crippen molar-refractivity contribution in [2.45, 2.75) is 31.9 Å². The van der Waals surface area contributed by atoms with E-state index in [0.29, 0.717) is 39.5 Å². The standard InChI is InChI=1S/C21H24Cl2N2O3/c1-25-7-2-3-18(25)6-8-28-21(27)24-20-5-4-14(13-26)9-19(20)15-10-16(22)12-17(23)11-15/h4-5,9-12,18,26H,2-3,6-8,13H2,1H3,(H,24,27). The molecule has 1 saturated heterocycles. The summed E-state index contributed by atoms with van der Waals surface area (Å²) in [6.45, 7) is 1.36. The van der Waals surface area contributed by atoms with Gasteiger partial charge in [-0.2, -0.15) is 0 Å². The number of hydrogen-bond donors (Lipinski definition) is 2. The van der Waals surface area contributed by atoms with E-state index in [4.69, 9.17) is 27.9 Å². The Hall–Kier alpha value is -1.79. The van der Waals surface area contributed by atoms with Gasteiger partial charge >= 0.3 is 6.09 Å². The number of aliphatic hydroxyl groups is 1. The molecule has 2 aromatic carbocycles. The third-order valence-corrected chi connectivity index (χ3v) is 5.47. The Morgan fingerprint density at radius 2 is 2.00 bits per heavy atom. The Bertz CT molecular complexity index is 824. The summed E-state index contributed by atoms with van der Waals surface area (Å²) < 4.78 is 5.37. The van der Waals surface area contributed by atoms with E-state index in [2.05, 4.69) is 17.3 Å². The van der Waals surface area contributed by atoms with Crippen molar-refractivity contribution in [1.82, 2.24) is 4.90 Å². The molecule has 0 bridgehead atoms. The zero-order valence-corrected chi connectivity index (χ0v) is 17.3. The van der Waals surface area contributed by atoms with E-state index < -0.39 is 6.09 Å². The predicted molar refractivity (Wildman–Crippen MR) is 113 cm³/mol. The first kappa shape index (κ1) is 20.9. The first-order valence-corrected chi connectivity index (χ1v) is 10.1. The molecule has 1 amide bonds. The highest BCUT2D eigenvalue weighted by molar-refractivity contribution is 6.35. The number of carbonyl (C=O) groups excluding carboxylic acids is 1. The second kappa shape index (κ2) is 9.61. The van der Waals surface area contributed by atoms with Gasteiger partial charge in [0.2, 0.25) is 0 Å². The van der Waals surface area contributed by atoms with E-state index in [0.717, 1.165) is 24.9 Å².